The molecule has 4 nitrogen and oxygen atoms in total. The van der Waals surface area contributed by atoms with Crippen molar-refractivity contribution in [1.82, 2.24) is 0 Å². The van der Waals surface area contributed by atoms with Crippen molar-refractivity contribution in [3.8, 4) is 0 Å². The molecule has 136 valence electrons. The first kappa shape index (κ1) is 16.8. The molecule has 0 heterocycles. The molecule has 2 bridgehead atoms. The quantitative estimate of drug-likeness (QED) is 0.724. The molecule has 4 saturated carbocycles. The predicted molar refractivity (Wildman–Crippen MR) is 90.3 cm³/mol. The summed E-state index contributed by atoms with van der Waals surface area (Å²) < 4.78 is 0. The third kappa shape index (κ3) is 1.85. The van der Waals surface area contributed by atoms with E-state index >= 15 is 0 Å². The maximum atomic E-state index is 12.1. The molecule has 8 atom stereocenters. The van der Waals surface area contributed by atoms with E-state index in [4.69, 9.17) is 0 Å². The van der Waals surface area contributed by atoms with Crippen molar-refractivity contribution >= 4 is 5.97 Å². The second kappa shape index (κ2) is 5.20. The summed E-state index contributed by atoms with van der Waals surface area (Å²) in [5, 5.41) is 30.8. The number of carboxylic acids is 1. The predicted octanol–water partition coefficient (Wildman–Crippen LogP) is 3.06. The third-order valence-corrected chi connectivity index (χ3v) is 9.13. The number of fused-ring (bicyclic) bond motifs is 3. The van der Waals surface area contributed by atoms with Crippen molar-refractivity contribution in [2.24, 2.45) is 39.9 Å². The van der Waals surface area contributed by atoms with Crippen molar-refractivity contribution < 1.29 is 20.1 Å². The first-order valence-electron chi connectivity index (χ1n) is 9.82. The second-order valence-corrected chi connectivity index (χ2v) is 9.79. The second-order valence-electron chi connectivity index (χ2n) is 9.79. The number of carboxylic acid groups (broad SMARTS) is 1. The van der Waals surface area contributed by atoms with Gasteiger partial charge in [0.25, 0.3) is 0 Å². The van der Waals surface area contributed by atoms with Crippen LogP contribution in [0.1, 0.15) is 65.2 Å². The number of hydrogen-bond acceptors (Lipinski definition) is 3. The van der Waals surface area contributed by atoms with Crippen LogP contribution in [0.2, 0.25) is 0 Å². The molecule has 0 aliphatic heterocycles. The summed E-state index contributed by atoms with van der Waals surface area (Å²) in [6, 6.07) is 0. The van der Waals surface area contributed by atoms with Gasteiger partial charge in [-0.2, -0.15) is 0 Å². The molecule has 0 unspecified atom stereocenters. The van der Waals surface area contributed by atoms with Gasteiger partial charge in [-0.05, 0) is 75.0 Å². The maximum Gasteiger partial charge on any atom is 0.309 e. The maximum absolute atomic E-state index is 12.1. The van der Waals surface area contributed by atoms with E-state index in [1.807, 2.05) is 6.92 Å². The lowest BCUT2D eigenvalue weighted by atomic mass is 9.40. The van der Waals surface area contributed by atoms with Crippen molar-refractivity contribution in [2.75, 3.05) is 6.61 Å². The largest absolute Gasteiger partial charge is 0.481 e. The number of aliphatic hydroxyl groups is 2. The van der Waals surface area contributed by atoms with Crippen molar-refractivity contribution in [3.63, 3.8) is 0 Å². The molecule has 0 radical (unpaired) electrons. The molecule has 3 N–H and O–H groups in total. The Morgan fingerprint density at radius 1 is 1.08 bits per heavy atom. The Balaban J connectivity index is 1.75. The van der Waals surface area contributed by atoms with Gasteiger partial charge in [-0.25, -0.2) is 0 Å². The van der Waals surface area contributed by atoms with E-state index in [0.29, 0.717) is 11.8 Å². The first-order valence-corrected chi connectivity index (χ1v) is 9.82. The Kier molecular flexibility index (Phi) is 3.65. The number of aliphatic hydroxyl groups excluding tert-OH is 2. The number of hydrogen-bond donors (Lipinski definition) is 3. The Morgan fingerprint density at radius 2 is 1.83 bits per heavy atom. The number of aliphatic carboxylic acids is 1. The van der Waals surface area contributed by atoms with E-state index in [-0.39, 0.29) is 29.3 Å². The van der Waals surface area contributed by atoms with Gasteiger partial charge >= 0.3 is 5.97 Å². The number of rotatable bonds is 2. The van der Waals surface area contributed by atoms with Crippen LogP contribution in [0.4, 0.5) is 0 Å². The molecular weight excluding hydrogens is 304 g/mol. The van der Waals surface area contributed by atoms with Crippen LogP contribution in [-0.4, -0.2) is 34.0 Å². The normalized spacial score (nSPS) is 56.4. The Morgan fingerprint density at radius 3 is 2.50 bits per heavy atom. The van der Waals surface area contributed by atoms with Crippen LogP contribution in [0.5, 0.6) is 0 Å². The third-order valence-electron chi connectivity index (χ3n) is 9.13. The lowest BCUT2D eigenvalue weighted by molar-refractivity contribution is -0.192. The summed E-state index contributed by atoms with van der Waals surface area (Å²) in [6.45, 7) is 4.37. The van der Waals surface area contributed by atoms with Crippen molar-refractivity contribution in [3.05, 3.63) is 0 Å². The monoisotopic (exact) mass is 336 g/mol. The van der Waals surface area contributed by atoms with Crippen LogP contribution in [-0.2, 0) is 4.79 Å². The van der Waals surface area contributed by atoms with E-state index in [2.05, 4.69) is 6.92 Å². The van der Waals surface area contributed by atoms with E-state index in [0.717, 1.165) is 51.4 Å². The summed E-state index contributed by atoms with van der Waals surface area (Å²) >= 11 is 0. The van der Waals surface area contributed by atoms with E-state index in [9.17, 15) is 20.1 Å². The van der Waals surface area contributed by atoms with Gasteiger partial charge in [0.15, 0.2) is 0 Å². The summed E-state index contributed by atoms with van der Waals surface area (Å²) in [6.07, 6.45) is 7.52. The van der Waals surface area contributed by atoms with E-state index < -0.39 is 17.5 Å². The molecule has 0 amide bonds. The highest BCUT2D eigenvalue weighted by molar-refractivity contribution is 5.75. The molecule has 24 heavy (non-hydrogen) atoms. The zero-order valence-electron chi connectivity index (χ0n) is 15.0. The molecule has 4 heteroatoms. The van der Waals surface area contributed by atoms with Crippen molar-refractivity contribution in [2.45, 2.75) is 71.3 Å². The molecule has 0 aromatic carbocycles. The first-order chi connectivity index (χ1) is 11.3. The van der Waals surface area contributed by atoms with Crippen LogP contribution in [0.3, 0.4) is 0 Å². The fourth-order valence-electron chi connectivity index (χ4n) is 8.08. The molecule has 4 aliphatic carbocycles. The molecule has 4 rings (SSSR count). The fourth-order valence-corrected chi connectivity index (χ4v) is 8.08. The topological polar surface area (TPSA) is 77.8 Å². The zero-order chi connectivity index (χ0) is 17.3. The molecule has 0 aromatic rings. The SMILES string of the molecule is C[C@@]12CCC[C@@](C)(C(=O)O)[C@H]1CC[C@@]13C[C@@H](CC[C@@H]21)[C@@H](CO)[C@@H]3O. The van der Waals surface area contributed by atoms with Gasteiger partial charge < -0.3 is 15.3 Å². The Bertz CT molecular complexity index is 548. The smallest absolute Gasteiger partial charge is 0.309 e. The van der Waals surface area contributed by atoms with E-state index in [1.165, 1.54) is 0 Å². The minimum atomic E-state index is -0.636. The fraction of sp³-hybridized carbons (Fsp3) is 0.950. The summed E-state index contributed by atoms with van der Waals surface area (Å²) in [5.74, 6) is 0.470. The van der Waals surface area contributed by atoms with Crippen LogP contribution < -0.4 is 0 Å². The van der Waals surface area contributed by atoms with Gasteiger partial charge in [0, 0.05) is 17.9 Å². The van der Waals surface area contributed by atoms with Gasteiger partial charge in [-0.1, -0.05) is 13.3 Å². The molecule has 0 aromatic heterocycles. The van der Waals surface area contributed by atoms with Gasteiger partial charge in [0.05, 0.1) is 11.5 Å². The van der Waals surface area contributed by atoms with Crippen LogP contribution in [0, 0.1) is 39.9 Å². The Labute approximate surface area is 144 Å². The average molecular weight is 336 g/mol. The molecule has 4 aliphatic rings. The standard InChI is InChI=1S/C20H32O4/c1-18-7-3-8-19(2,17(23)24)14(18)6-9-20-10-12(4-5-15(18)20)13(11-21)16(20)22/h12-16,21-22H,3-11H2,1-2H3,(H,23,24)/t12-,13-,14+,15+,16+,18-,19-,20-/m1/s1. The van der Waals surface area contributed by atoms with Gasteiger partial charge in [-0.3, -0.25) is 4.79 Å². The van der Waals surface area contributed by atoms with Crippen LogP contribution in [0.25, 0.3) is 0 Å². The lowest BCUT2D eigenvalue weighted by Crippen LogP contribution is -2.60. The van der Waals surface area contributed by atoms with Gasteiger partial charge in [0.1, 0.15) is 0 Å². The van der Waals surface area contributed by atoms with E-state index in [1.54, 1.807) is 0 Å². The average Bonchev–Trinajstić information content (AvgIpc) is 2.73. The molecular formula is C20H32O4. The van der Waals surface area contributed by atoms with Gasteiger partial charge in [0.2, 0.25) is 0 Å². The van der Waals surface area contributed by atoms with Crippen LogP contribution in [0.15, 0.2) is 0 Å². The highest BCUT2D eigenvalue weighted by atomic mass is 16.4. The summed E-state index contributed by atoms with van der Waals surface area (Å²) in [7, 11) is 0. The molecule has 4 fully saturated rings. The van der Waals surface area contributed by atoms with Gasteiger partial charge in [-0.15, -0.1) is 0 Å². The summed E-state index contributed by atoms with van der Waals surface area (Å²) in [5.41, 5.74) is -0.677. The highest BCUT2D eigenvalue weighted by Gasteiger charge is 2.68. The lowest BCUT2D eigenvalue weighted by Gasteiger charge is -2.63. The minimum absolute atomic E-state index is 0.0138. The molecule has 0 saturated heterocycles. The van der Waals surface area contributed by atoms with Crippen LogP contribution >= 0.6 is 0 Å². The minimum Gasteiger partial charge on any atom is -0.481 e. The Hall–Kier alpha value is -0.610. The van der Waals surface area contributed by atoms with Crippen molar-refractivity contribution in [1.29, 1.82) is 0 Å². The zero-order valence-corrected chi connectivity index (χ0v) is 15.0. The molecule has 1 spiro atoms. The number of carbonyl (C=O) groups is 1. The highest BCUT2D eigenvalue weighted by Crippen LogP contribution is 2.72. The summed E-state index contributed by atoms with van der Waals surface area (Å²) in [4.78, 5) is 12.1.